The van der Waals surface area contributed by atoms with Crippen LogP contribution in [0.1, 0.15) is 12.0 Å². The van der Waals surface area contributed by atoms with E-state index in [4.69, 9.17) is 4.74 Å². The third-order valence-corrected chi connectivity index (χ3v) is 4.34. The van der Waals surface area contributed by atoms with Gasteiger partial charge in [-0.2, -0.15) is 0 Å². The highest BCUT2D eigenvalue weighted by atomic mass is 79.9. The maximum absolute atomic E-state index is 11.9. The monoisotopic (exact) mass is 310 g/mol. The molecule has 1 spiro atoms. The molecule has 4 nitrogen and oxygen atoms in total. The Morgan fingerprint density at radius 1 is 1.44 bits per heavy atom. The normalized spacial score (nSPS) is 26.9. The number of hydrogen-bond donors (Lipinski definition) is 1. The zero-order chi connectivity index (χ0) is 12.6. The second kappa shape index (κ2) is 4.55. The summed E-state index contributed by atoms with van der Waals surface area (Å²) >= 11 is 3.51. The van der Waals surface area contributed by atoms with Crippen molar-refractivity contribution in [2.24, 2.45) is 0 Å². The Labute approximate surface area is 114 Å². The number of halogens is 1. The molecule has 0 bridgehead atoms. The van der Waals surface area contributed by atoms with E-state index in [9.17, 15) is 4.79 Å². The predicted octanol–water partition coefficient (Wildman–Crippen LogP) is 2.13. The molecule has 1 aromatic carbocycles. The van der Waals surface area contributed by atoms with Crippen molar-refractivity contribution in [1.29, 1.82) is 0 Å². The molecule has 2 fully saturated rings. The molecule has 1 amide bonds. The summed E-state index contributed by atoms with van der Waals surface area (Å²) in [6, 6.07) is 7.96. The van der Waals surface area contributed by atoms with Gasteiger partial charge in [-0.3, -0.25) is 4.90 Å². The Hall–Kier alpha value is -1.07. The van der Waals surface area contributed by atoms with E-state index in [-0.39, 0.29) is 11.7 Å². The van der Waals surface area contributed by atoms with Crippen molar-refractivity contribution in [1.82, 2.24) is 10.2 Å². The van der Waals surface area contributed by atoms with E-state index < -0.39 is 0 Å². The van der Waals surface area contributed by atoms with E-state index in [2.05, 4.69) is 21.2 Å². The Kier molecular flexibility index (Phi) is 3.03. The van der Waals surface area contributed by atoms with Crippen LogP contribution in [-0.2, 0) is 11.3 Å². The molecule has 0 aromatic heterocycles. The maximum atomic E-state index is 11.9. The molecule has 3 rings (SSSR count). The summed E-state index contributed by atoms with van der Waals surface area (Å²) in [5.74, 6) is 0. The SMILES string of the molecule is O=C1OC2(CCNC2)CN1Cc1ccccc1Br. The quantitative estimate of drug-likeness (QED) is 0.910. The minimum atomic E-state index is -0.293. The lowest BCUT2D eigenvalue weighted by molar-refractivity contribution is 0.0727. The third-order valence-electron chi connectivity index (χ3n) is 3.56. The summed E-state index contributed by atoms with van der Waals surface area (Å²) in [6.45, 7) is 2.98. The first-order valence-electron chi connectivity index (χ1n) is 6.11. The van der Waals surface area contributed by atoms with E-state index in [1.54, 1.807) is 4.90 Å². The molecule has 2 saturated heterocycles. The molecule has 2 aliphatic rings. The van der Waals surface area contributed by atoms with Crippen molar-refractivity contribution >= 4 is 22.0 Å². The number of nitrogens with one attached hydrogen (secondary N) is 1. The molecule has 5 heteroatoms. The highest BCUT2D eigenvalue weighted by Gasteiger charge is 2.46. The molecule has 1 N–H and O–H groups in total. The van der Waals surface area contributed by atoms with Crippen LogP contribution in [0.15, 0.2) is 28.7 Å². The minimum Gasteiger partial charge on any atom is -0.439 e. The zero-order valence-corrected chi connectivity index (χ0v) is 11.6. The van der Waals surface area contributed by atoms with E-state index in [1.807, 2.05) is 24.3 Å². The highest BCUT2D eigenvalue weighted by Crippen LogP contribution is 2.30. The second-order valence-electron chi connectivity index (χ2n) is 4.93. The van der Waals surface area contributed by atoms with Gasteiger partial charge in [-0.1, -0.05) is 34.1 Å². The van der Waals surface area contributed by atoms with Crippen molar-refractivity contribution in [3.05, 3.63) is 34.3 Å². The first kappa shape index (κ1) is 12.0. The largest absolute Gasteiger partial charge is 0.439 e. The van der Waals surface area contributed by atoms with Gasteiger partial charge in [0, 0.05) is 17.4 Å². The average molecular weight is 311 g/mol. The van der Waals surface area contributed by atoms with Gasteiger partial charge >= 0.3 is 6.09 Å². The van der Waals surface area contributed by atoms with Gasteiger partial charge < -0.3 is 10.1 Å². The fraction of sp³-hybridized carbons (Fsp3) is 0.462. The molecule has 0 saturated carbocycles. The predicted molar refractivity (Wildman–Crippen MR) is 71.3 cm³/mol. The number of carbonyl (C=O) groups excluding carboxylic acids is 1. The average Bonchev–Trinajstić information content (AvgIpc) is 2.91. The second-order valence-corrected chi connectivity index (χ2v) is 5.78. The molecule has 0 aliphatic carbocycles. The van der Waals surface area contributed by atoms with Crippen molar-refractivity contribution in [2.45, 2.75) is 18.6 Å². The fourth-order valence-corrected chi connectivity index (χ4v) is 3.00. The van der Waals surface area contributed by atoms with Gasteiger partial charge in [0.2, 0.25) is 0 Å². The van der Waals surface area contributed by atoms with E-state index in [0.29, 0.717) is 13.1 Å². The summed E-state index contributed by atoms with van der Waals surface area (Å²) in [6.07, 6.45) is 0.708. The van der Waals surface area contributed by atoms with Crippen LogP contribution in [0.25, 0.3) is 0 Å². The Balaban J connectivity index is 1.74. The molecular weight excluding hydrogens is 296 g/mol. The van der Waals surface area contributed by atoms with E-state index >= 15 is 0 Å². The first-order valence-corrected chi connectivity index (χ1v) is 6.90. The van der Waals surface area contributed by atoms with Crippen LogP contribution in [0.5, 0.6) is 0 Å². The Bertz CT molecular complexity index is 472. The number of amides is 1. The van der Waals surface area contributed by atoms with Crippen LogP contribution < -0.4 is 5.32 Å². The smallest absolute Gasteiger partial charge is 0.410 e. The molecule has 18 heavy (non-hydrogen) atoms. The van der Waals surface area contributed by atoms with Gasteiger partial charge in [0.25, 0.3) is 0 Å². The molecule has 1 unspecified atom stereocenters. The number of rotatable bonds is 2. The highest BCUT2D eigenvalue weighted by molar-refractivity contribution is 9.10. The molecular formula is C13H15BrN2O2. The standard InChI is InChI=1S/C13H15BrN2O2/c14-11-4-2-1-3-10(11)7-16-9-13(18-12(16)17)5-6-15-8-13/h1-4,15H,5-9H2. The summed E-state index contributed by atoms with van der Waals surface area (Å²) in [7, 11) is 0. The van der Waals surface area contributed by atoms with Gasteiger partial charge in [-0.15, -0.1) is 0 Å². The van der Waals surface area contributed by atoms with Crippen LogP contribution in [0, 0.1) is 0 Å². The molecule has 0 radical (unpaired) electrons. The number of hydrogen-bond acceptors (Lipinski definition) is 3. The lowest BCUT2D eigenvalue weighted by Gasteiger charge is -2.19. The van der Waals surface area contributed by atoms with Gasteiger partial charge in [-0.25, -0.2) is 4.79 Å². The summed E-state index contributed by atoms with van der Waals surface area (Å²) in [5.41, 5.74) is 0.815. The van der Waals surface area contributed by atoms with Crippen LogP contribution in [0.3, 0.4) is 0 Å². The molecule has 2 aliphatic heterocycles. The molecule has 96 valence electrons. The first-order chi connectivity index (χ1) is 8.69. The van der Waals surface area contributed by atoms with Crippen LogP contribution >= 0.6 is 15.9 Å². The minimum absolute atomic E-state index is 0.200. The van der Waals surface area contributed by atoms with Crippen LogP contribution in [0.4, 0.5) is 4.79 Å². The van der Waals surface area contributed by atoms with Crippen molar-refractivity contribution < 1.29 is 9.53 Å². The molecule has 1 atom stereocenters. The lowest BCUT2D eigenvalue weighted by atomic mass is 10.0. The van der Waals surface area contributed by atoms with Crippen molar-refractivity contribution in [3.63, 3.8) is 0 Å². The van der Waals surface area contributed by atoms with Crippen molar-refractivity contribution in [2.75, 3.05) is 19.6 Å². The summed E-state index contributed by atoms with van der Waals surface area (Å²) < 4.78 is 6.57. The molecule has 2 heterocycles. The number of benzene rings is 1. The fourth-order valence-electron chi connectivity index (χ4n) is 2.59. The lowest BCUT2D eigenvalue weighted by Crippen LogP contribution is -2.36. The number of carbonyl (C=O) groups is 1. The van der Waals surface area contributed by atoms with Gasteiger partial charge in [0.1, 0.15) is 5.60 Å². The van der Waals surface area contributed by atoms with E-state index in [1.165, 1.54) is 0 Å². The van der Waals surface area contributed by atoms with E-state index in [0.717, 1.165) is 29.5 Å². The summed E-state index contributed by atoms with van der Waals surface area (Å²) in [5, 5.41) is 3.26. The zero-order valence-electron chi connectivity index (χ0n) is 9.99. The third kappa shape index (κ3) is 2.12. The Morgan fingerprint density at radius 2 is 2.28 bits per heavy atom. The van der Waals surface area contributed by atoms with Crippen molar-refractivity contribution in [3.8, 4) is 0 Å². The summed E-state index contributed by atoms with van der Waals surface area (Å²) in [4.78, 5) is 13.7. The van der Waals surface area contributed by atoms with Crippen LogP contribution in [0.2, 0.25) is 0 Å². The topological polar surface area (TPSA) is 41.6 Å². The van der Waals surface area contributed by atoms with Gasteiger partial charge in [0.05, 0.1) is 13.1 Å². The van der Waals surface area contributed by atoms with Gasteiger partial charge in [-0.05, 0) is 18.2 Å². The Morgan fingerprint density at radius 3 is 3.00 bits per heavy atom. The maximum Gasteiger partial charge on any atom is 0.410 e. The van der Waals surface area contributed by atoms with Gasteiger partial charge in [0.15, 0.2) is 0 Å². The van der Waals surface area contributed by atoms with Crippen LogP contribution in [-0.4, -0.2) is 36.2 Å². The molecule has 1 aromatic rings. The number of ether oxygens (including phenoxy) is 1. The number of nitrogens with zero attached hydrogens (tertiary/aromatic N) is 1.